The lowest BCUT2D eigenvalue weighted by Crippen LogP contribution is -2.31. The van der Waals surface area contributed by atoms with Crippen molar-refractivity contribution in [2.75, 3.05) is 10.2 Å². The molecule has 1 saturated heterocycles. The summed E-state index contributed by atoms with van der Waals surface area (Å²) in [6.45, 7) is 0. The third-order valence-electron chi connectivity index (χ3n) is 5.10. The molecule has 2 amide bonds. The van der Waals surface area contributed by atoms with Gasteiger partial charge >= 0.3 is 0 Å². The van der Waals surface area contributed by atoms with Crippen LogP contribution in [-0.2, 0) is 16.0 Å². The standard InChI is InChI=1S/C25H15BrCl2FN3O2S/c26-15-2-6-17(7-3-15)31-23(33)19(13-30)25-32(18-8-4-16(29)5-9-18)24(34)22(35-25)12-14-1-10-20(27)21(28)11-14/h1-11,22H,12H2,(H,31,33)/b25-19-/t22-/m0/s1. The topological polar surface area (TPSA) is 73.2 Å². The third-order valence-corrected chi connectivity index (χ3v) is 7.63. The largest absolute Gasteiger partial charge is 0.321 e. The Bertz CT molecular complexity index is 1370. The Balaban J connectivity index is 1.72. The summed E-state index contributed by atoms with van der Waals surface area (Å²) >= 11 is 16.6. The number of nitrogens with one attached hydrogen (secondary N) is 1. The van der Waals surface area contributed by atoms with Crippen LogP contribution < -0.4 is 10.2 Å². The van der Waals surface area contributed by atoms with Crippen LogP contribution in [0.2, 0.25) is 10.0 Å². The Kier molecular flexibility index (Phi) is 7.82. The summed E-state index contributed by atoms with van der Waals surface area (Å²) in [5, 5.41) is 12.9. The van der Waals surface area contributed by atoms with Crippen LogP contribution in [0, 0.1) is 17.1 Å². The normalized spacial score (nSPS) is 16.7. The first kappa shape index (κ1) is 25.3. The SMILES string of the molecule is N#C/C(C(=O)Nc1ccc(Br)cc1)=C1/S[C@@H](Cc2ccc(Cl)c(Cl)c2)C(=O)N1c1ccc(F)cc1. The zero-order chi connectivity index (χ0) is 25.1. The van der Waals surface area contributed by atoms with Gasteiger partial charge in [0.15, 0.2) is 0 Å². The summed E-state index contributed by atoms with van der Waals surface area (Å²) < 4.78 is 14.4. The fraction of sp³-hybridized carbons (Fsp3) is 0.0800. The van der Waals surface area contributed by atoms with E-state index in [4.69, 9.17) is 23.2 Å². The number of carbonyl (C=O) groups excluding carboxylic acids is 2. The van der Waals surface area contributed by atoms with Gasteiger partial charge in [0.25, 0.3) is 5.91 Å². The van der Waals surface area contributed by atoms with E-state index in [1.165, 1.54) is 29.2 Å². The van der Waals surface area contributed by atoms with Crippen molar-refractivity contribution in [1.29, 1.82) is 5.26 Å². The number of anilines is 2. The highest BCUT2D eigenvalue weighted by Gasteiger charge is 2.41. The average molecular weight is 591 g/mol. The molecule has 10 heteroatoms. The number of carbonyl (C=O) groups is 2. The van der Waals surface area contributed by atoms with Gasteiger partial charge in [-0.2, -0.15) is 5.26 Å². The maximum Gasteiger partial charge on any atom is 0.269 e. The van der Waals surface area contributed by atoms with Gasteiger partial charge in [-0.05, 0) is 72.6 Å². The number of nitrogens with zero attached hydrogens (tertiary/aromatic N) is 2. The van der Waals surface area contributed by atoms with Crippen molar-refractivity contribution in [1.82, 2.24) is 0 Å². The molecule has 0 bridgehead atoms. The van der Waals surface area contributed by atoms with Crippen LogP contribution in [0.15, 0.2) is 81.8 Å². The maximum absolute atomic E-state index is 13.6. The molecule has 0 aromatic heterocycles. The summed E-state index contributed by atoms with van der Waals surface area (Å²) in [5.41, 5.74) is 1.37. The Morgan fingerprint density at radius 2 is 1.77 bits per heavy atom. The van der Waals surface area contributed by atoms with E-state index in [2.05, 4.69) is 21.2 Å². The van der Waals surface area contributed by atoms with Gasteiger partial charge in [0.1, 0.15) is 22.5 Å². The molecule has 3 aromatic carbocycles. The summed E-state index contributed by atoms with van der Waals surface area (Å²) in [5.74, 6) is -1.47. The summed E-state index contributed by atoms with van der Waals surface area (Å²) in [4.78, 5) is 27.8. The van der Waals surface area contributed by atoms with Crippen LogP contribution >= 0.6 is 50.9 Å². The summed E-state index contributed by atoms with van der Waals surface area (Å²) in [6.07, 6.45) is 0.286. The van der Waals surface area contributed by atoms with Gasteiger partial charge in [-0.15, -0.1) is 0 Å². The quantitative estimate of drug-likeness (QED) is 0.257. The fourth-order valence-corrected chi connectivity index (χ4v) is 5.31. The minimum Gasteiger partial charge on any atom is -0.321 e. The van der Waals surface area contributed by atoms with Crippen molar-refractivity contribution in [3.63, 3.8) is 0 Å². The van der Waals surface area contributed by atoms with Crippen LogP contribution in [0.5, 0.6) is 0 Å². The highest BCUT2D eigenvalue weighted by molar-refractivity contribution is 9.10. The summed E-state index contributed by atoms with van der Waals surface area (Å²) in [7, 11) is 0. The Labute approximate surface area is 223 Å². The van der Waals surface area contributed by atoms with Crippen LogP contribution in [0.3, 0.4) is 0 Å². The molecule has 1 heterocycles. The van der Waals surface area contributed by atoms with Crippen LogP contribution in [-0.4, -0.2) is 17.1 Å². The Morgan fingerprint density at radius 1 is 1.09 bits per heavy atom. The molecule has 0 unspecified atom stereocenters. The van der Waals surface area contributed by atoms with E-state index in [1.807, 2.05) is 6.07 Å². The van der Waals surface area contributed by atoms with Crippen molar-refractivity contribution in [2.45, 2.75) is 11.7 Å². The van der Waals surface area contributed by atoms with E-state index in [0.29, 0.717) is 21.4 Å². The Hall–Kier alpha value is -2.83. The average Bonchev–Trinajstić information content (AvgIpc) is 3.14. The van der Waals surface area contributed by atoms with Crippen LogP contribution in [0.1, 0.15) is 5.56 Å². The van der Waals surface area contributed by atoms with E-state index in [1.54, 1.807) is 42.5 Å². The summed E-state index contributed by atoms with van der Waals surface area (Å²) in [6, 6.07) is 19.2. The molecule has 0 aliphatic carbocycles. The number of hydrogen-bond acceptors (Lipinski definition) is 4. The van der Waals surface area contributed by atoms with Crippen molar-refractivity contribution in [2.24, 2.45) is 0 Å². The van der Waals surface area contributed by atoms with Crippen LogP contribution in [0.4, 0.5) is 15.8 Å². The smallest absolute Gasteiger partial charge is 0.269 e. The molecular formula is C25H15BrCl2FN3O2S. The molecule has 0 radical (unpaired) electrons. The number of thioether (sulfide) groups is 1. The lowest BCUT2D eigenvalue weighted by Gasteiger charge is -2.18. The van der Waals surface area contributed by atoms with Crippen molar-refractivity contribution in [3.05, 3.63) is 103 Å². The molecule has 3 aromatic rings. The number of halogens is 4. The van der Waals surface area contributed by atoms with E-state index in [0.717, 1.165) is 21.8 Å². The number of nitriles is 1. The highest BCUT2D eigenvalue weighted by Crippen LogP contribution is 2.42. The van der Waals surface area contributed by atoms with Crippen molar-refractivity contribution >= 4 is 74.1 Å². The maximum atomic E-state index is 13.6. The second kappa shape index (κ2) is 10.8. The first-order valence-electron chi connectivity index (χ1n) is 10.2. The molecule has 0 saturated carbocycles. The number of amides is 2. The minimum atomic E-state index is -0.660. The van der Waals surface area contributed by atoms with Crippen molar-refractivity contribution < 1.29 is 14.0 Å². The van der Waals surface area contributed by atoms with E-state index >= 15 is 0 Å². The molecule has 1 atom stereocenters. The molecule has 1 N–H and O–H groups in total. The second-order valence-corrected chi connectivity index (χ2v) is 10.4. The Morgan fingerprint density at radius 3 is 2.40 bits per heavy atom. The van der Waals surface area contributed by atoms with Crippen molar-refractivity contribution in [3.8, 4) is 6.07 Å². The van der Waals surface area contributed by atoms with Gasteiger partial charge in [-0.3, -0.25) is 14.5 Å². The van der Waals surface area contributed by atoms with E-state index in [9.17, 15) is 19.2 Å². The van der Waals surface area contributed by atoms with Crippen LogP contribution in [0.25, 0.3) is 0 Å². The van der Waals surface area contributed by atoms with Gasteiger partial charge in [0.05, 0.1) is 15.3 Å². The molecule has 35 heavy (non-hydrogen) atoms. The van der Waals surface area contributed by atoms with Gasteiger partial charge in [0.2, 0.25) is 5.91 Å². The molecular weight excluding hydrogens is 576 g/mol. The first-order chi connectivity index (χ1) is 16.8. The first-order valence-corrected chi connectivity index (χ1v) is 12.6. The predicted octanol–water partition coefficient (Wildman–Crippen LogP) is 6.96. The molecule has 176 valence electrons. The number of benzene rings is 3. The van der Waals surface area contributed by atoms with E-state index in [-0.39, 0.29) is 22.9 Å². The fourth-order valence-electron chi connectivity index (χ4n) is 3.42. The predicted molar refractivity (Wildman–Crippen MR) is 141 cm³/mol. The molecule has 0 spiro atoms. The molecule has 1 aliphatic rings. The van der Waals surface area contributed by atoms with Gasteiger partial charge in [-0.25, -0.2) is 4.39 Å². The second-order valence-electron chi connectivity index (χ2n) is 7.46. The number of rotatable bonds is 5. The molecule has 1 fully saturated rings. The van der Waals surface area contributed by atoms with Gasteiger partial charge < -0.3 is 5.32 Å². The molecule has 4 rings (SSSR count). The lowest BCUT2D eigenvalue weighted by molar-refractivity contribution is -0.117. The van der Waals surface area contributed by atoms with E-state index < -0.39 is 17.0 Å². The highest BCUT2D eigenvalue weighted by atomic mass is 79.9. The molecule has 1 aliphatic heterocycles. The zero-order valence-electron chi connectivity index (χ0n) is 17.8. The van der Waals surface area contributed by atoms with Gasteiger partial charge in [0, 0.05) is 15.8 Å². The van der Waals surface area contributed by atoms with Gasteiger partial charge in [-0.1, -0.05) is 57.0 Å². The molecule has 5 nitrogen and oxygen atoms in total. The lowest BCUT2D eigenvalue weighted by atomic mass is 10.1. The third kappa shape index (κ3) is 5.71. The zero-order valence-corrected chi connectivity index (χ0v) is 21.7. The monoisotopic (exact) mass is 589 g/mol. The number of hydrogen-bond donors (Lipinski definition) is 1. The minimum absolute atomic E-state index is 0.170.